The lowest BCUT2D eigenvalue weighted by atomic mass is 10.1. The van der Waals surface area contributed by atoms with Crippen LogP contribution in [0.4, 0.5) is 5.82 Å². The van der Waals surface area contributed by atoms with E-state index in [9.17, 15) is 4.79 Å². The number of nitrogens with zero attached hydrogens (tertiary/aromatic N) is 3. The minimum Gasteiger partial charge on any atom is -0.370 e. The van der Waals surface area contributed by atoms with Gasteiger partial charge in [-0.15, -0.1) is 0 Å². The van der Waals surface area contributed by atoms with E-state index in [1.807, 2.05) is 30.3 Å². The molecule has 3 aromatic rings. The molecular formula is C19H19N5O. The van der Waals surface area contributed by atoms with Gasteiger partial charge in [0.1, 0.15) is 17.8 Å². The Labute approximate surface area is 146 Å². The van der Waals surface area contributed by atoms with Gasteiger partial charge in [-0.05, 0) is 29.7 Å². The monoisotopic (exact) mass is 333 g/mol. The van der Waals surface area contributed by atoms with E-state index in [1.165, 1.54) is 11.9 Å². The molecule has 0 bridgehead atoms. The highest BCUT2D eigenvalue weighted by molar-refractivity contribution is 5.92. The summed E-state index contributed by atoms with van der Waals surface area (Å²) >= 11 is 0. The van der Waals surface area contributed by atoms with Gasteiger partial charge in [0.2, 0.25) is 0 Å². The molecule has 0 fully saturated rings. The van der Waals surface area contributed by atoms with Crippen LogP contribution in [0.25, 0.3) is 0 Å². The highest BCUT2D eigenvalue weighted by atomic mass is 16.1. The third-order valence-electron chi connectivity index (χ3n) is 3.66. The van der Waals surface area contributed by atoms with Crippen LogP contribution in [0.3, 0.4) is 0 Å². The van der Waals surface area contributed by atoms with Crippen LogP contribution < -0.4 is 10.6 Å². The first-order valence-electron chi connectivity index (χ1n) is 8.08. The van der Waals surface area contributed by atoms with Gasteiger partial charge in [-0.3, -0.25) is 9.78 Å². The van der Waals surface area contributed by atoms with Crippen molar-refractivity contribution >= 4 is 11.7 Å². The Bertz CT molecular complexity index is 808. The predicted octanol–water partition coefficient (Wildman–Crippen LogP) is 2.46. The number of nitrogens with one attached hydrogen (secondary N) is 2. The smallest absolute Gasteiger partial charge is 0.270 e. The van der Waals surface area contributed by atoms with Crippen LogP contribution in [-0.2, 0) is 13.0 Å². The number of pyridine rings is 1. The van der Waals surface area contributed by atoms with E-state index in [4.69, 9.17) is 0 Å². The summed E-state index contributed by atoms with van der Waals surface area (Å²) in [6.45, 7) is 1.17. The van der Waals surface area contributed by atoms with Crippen LogP contribution in [-0.4, -0.2) is 27.4 Å². The number of hydrogen-bond donors (Lipinski definition) is 2. The number of hydrogen-bond acceptors (Lipinski definition) is 5. The Morgan fingerprint density at radius 3 is 2.56 bits per heavy atom. The molecule has 2 N–H and O–H groups in total. The third-order valence-corrected chi connectivity index (χ3v) is 3.66. The van der Waals surface area contributed by atoms with Gasteiger partial charge < -0.3 is 10.6 Å². The minimum absolute atomic E-state index is 0.231. The molecule has 0 radical (unpaired) electrons. The first kappa shape index (κ1) is 16.6. The van der Waals surface area contributed by atoms with Crippen LogP contribution in [0.2, 0.25) is 0 Å². The summed E-state index contributed by atoms with van der Waals surface area (Å²) in [5.41, 5.74) is 2.57. The molecule has 126 valence electrons. The maximum absolute atomic E-state index is 12.2. The molecule has 6 nitrogen and oxygen atoms in total. The van der Waals surface area contributed by atoms with Gasteiger partial charge in [0.05, 0.1) is 0 Å². The highest BCUT2D eigenvalue weighted by Crippen LogP contribution is 2.06. The number of carbonyl (C=O) groups is 1. The fourth-order valence-electron chi connectivity index (χ4n) is 2.33. The van der Waals surface area contributed by atoms with E-state index in [1.54, 1.807) is 18.5 Å². The first-order chi connectivity index (χ1) is 12.3. The molecular weight excluding hydrogens is 314 g/mol. The number of carbonyl (C=O) groups excluding carboxylic acids is 1. The molecule has 1 amide bonds. The zero-order valence-electron chi connectivity index (χ0n) is 13.7. The van der Waals surface area contributed by atoms with Gasteiger partial charge >= 0.3 is 0 Å². The summed E-state index contributed by atoms with van der Waals surface area (Å²) < 4.78 is 0. The lowest BCUT2D eigenvalue weighted by molar-refractivity contribution is 0.0946. The molecule has 0 atom stereocenters. The van der Waals surface area contributed by atoms with E-state index in [0.29, 0.717) is 18.1 Å². The Kier molecular flexibility index (Phi) is 5.66. The minimum atomic E-state index is -0.231. The molecule has 2 heterocycles. The number of amides is 1. The largest absolute Gasteiger partial charge is 0.370 e. The normalized spacial score (nSPS) is 10.2. The number of aromatic nitrogens is 3. The fraction of sp³-hybridized carbons (Fsp3) is 0.158. The van der Waals surface area contributed by atoms with Crippen molar-refractivity contribution in [1.82, 2.24) is 20.3 Å². The van der Waals surface area contributed by atoms with E-state index < -0.39 is 0 Å². The summed E-state index contributed by atoms with van der Waals surface area (Å²) in [7, 11) is 0. The fourth-order valence-corrected chi connectivity index (χ4v) is 2.33. The second-order valence-electron chi connectivity index (χ2n) is 5.49. The zero-order chi connectivity index (χ0) is 17.3. The van der Waals surface area contributed by atoms with Crippen molar-refractivity contribution in [3.8, 4) is 0 Å². The van der Waals surface area contributed by atoms with Crippen molar-refractivity contribution in [2.45, 2.75) is 13.0 Å². The number of benzene rings is 1. The van der Waals surface area contributed by atoms with Crippen LogP contribution in [0.1, 0.15) is 21.6 Å². The second-order valence-corrected chi connectivity index (χ2v) is 5.49. The van der Waals surface area contributed by atoms with Gasteiger partial charge in [-0.25, -0.2) is 9.97 Å². The quantitative estimate of drug-likeness (QED) is 0.694. The SMILES string of the molecule is O=C(NCc1ccncc1)c1cc(NCCc2ccccc2)ncn1. The Morgan fingerprint density at radius 2 is 1.76 bits per heavy atom. The maximum atomic E-state index is 12.2. The van der Waals surface area contributed by atoms with Crippen molar-refractivity contribution in [3.63, 3.8) is 0 Å². The van der Waals surface area contributed by atoms with Crippen molar-refractivity contribution < 1.29 is 4.79 Å². The van der Waals surface area contributed by atoms with Gasteiger partial charge in [0, 0.05) is 31.5 Å². The van der Waals surface area contributed by atoms with Crippen molar-refractivity contribution in [2.24, 2.45) is 0 Å². The van der Waals surface area contributed by atoms with Crippen molar-refractivity contribution in [2.75, 3.05) is 11.9 Å². The molecule has 0 unspecified atom stereocenters. The number of rotatable bonds is 7. The highest BCUT2D eigenvalue weighted by Gasteiger charge is 2.08. The van der Waals surface area contributed by atoms with Gasteiger partial charge in [0.25, 0.3) is 5.91 Å². The van der Waals surface area contributed by atoms with E-state index in [-0.39, 0.29) is 5.91 Å². The van der Waals surface area contributed by atoms with Crippen LogP contribution in [0, 0.1) is 0 Å². The number of anilines is 1. The molecule has 0 saturated carbocycles. The Balaban J connectivity index is 1.52. The average Bonchev–Trinajstić information content (AvgIpc) is 2.68. The Hall–Kier alpha value is -3.28. The van der Waals surface area contributed by atoms with Gasteiger partial charge in [-0.1, -0.05) is 30.3 Å². The molecule has 25 heavy (non-hydrogen) atoms. The van der Waals surface area contributed by atoms with Crippen molar-refractivity contribution in [3.05, 3.63) is 84.1 Å². The van der Waals surface area contributed by atoms with Gasteiger partial charge in [0.15, 0.2) is 0 Å². The summed E-state index contributed by atoms with van der Waals surface area (Å²) in [6.07, 6.45) is 5.67. The topological polar surface area (TPSA) is 79.8 Å². The van der Waals surface area contributed by atoms with E-state index >= 15 is 0 Å². The second kappa shape index (κ2) is 8.54. The van der Waals surface area contributed by atoms with E-state index in [2.05, 4.69) is 37.7 Å². The van der Waals surface area contributed by atoms with E-state index in [0.717, 1.165) is 18.5 Å². The molecule has 0 aliphatic rings. The standard InChI is InChI=1S/C19H19N5O/c25-19(22-13-16-6-9-20-10-7-16)17-12-18(24-14-23-17)21-11-8-15-4-2-1-3-5-15/h1-7,9-10,12,14H,8,11,13H2,(H,22,25)(H,21,23,24). The Morgan fingerprint density at radius 1 is 0.960 bits per heavy atom. The maximum Gasteiger partial charge on any atom is 0.270 e. The molecule has 0 aliphatic heterocycles. The van der Waals surface area contributed by atoms with Crippen LogP contribution in [0.15, 0.2) is 67.3 Å². The zero-order valence-corrected chi connectivity index (χ0v) is 13.7. The summed E-state index contributed by atoms with van der Waals surface area (Å²) in [4.78, 5) is 24.4. The predicted molar refractivity (Wildman–Crippen MR) is 96.1 cm³/mol. The molecule has 0 saturated heterocycles. The molecule has 0 spiro atoms. The third kappa shape index (κ3) is 5.10. The van der Waals surface area contributed by atoms with Gasteiger partial charge in [-0.2, -0.15) is 0 Å². The van der Waals surface area contributed by atoms with Crippen LogP contribution in [0.5, 0.6) is 0 Å². The molecule has 1 aromatic carbocycles. The van der Waals surface area contributed by atoms with Crippen molar-refractivity contribution in [1.29, 1.82) is 0 Å². The molecule has 3 rings (SSSR count). The summed E-state index contributed by atoms with van der Waals surface area (Å²) in [5.74, 6) is 0.408. The molecule has 6 heteroatoms. The molecule has 2 aromatic heterocycles. The van der Waals surface area contributed by atoms with Crippen LogP contribution >= 0.6 is 0 Å². The lowest BCUT2D eigenvalue weighted by Gasteiger charge is -2.08. The summed E-state index contributed by atoms with van der Waals surface area (Å²) in [6, 6.07) is 15.6. The molecule has 0 aliphatic carbocycles. The lowest BCUT2D eigenvalue weighted by Crippen LogP contribution is -2.24. The summed E-state index contributed by atoms with van der Waals surface area (Å²) in [5, 5.41) is 6.06. The first-order valence-corrected chi connectivity index (χ1v) is 8.08. The average molecular weight is 333 g/mol.